The third kappa shape index (κ3) is 4.52. The number of rotatable bonds is 7. The zero-order chi connectivity index (χ0) is 18.5. The first kappa shape index (κ1) is 19.5. The SMILES string of the molecule is CCCc1ccc(S(=O)N2CCN(c3nc(COC)c(C)s3)CC2)cc1. The van der Waals surface area contributed by atoms with Gasteiger partial charge in [-0.1, -0.05) is 25.5 Å². The van der Waals surface area contributed by atoms with Crippen molar-refractivity contribution in [3.05, 3.63) is 40.4 Å². The molecule has 0 aliphatic carbocycles. The molecule has 2 heterocycles. The largest absolute Gasteiger partial charge is 0.378 e. The van der Waals surface area contributed by atoms with E-state index >= 15 is 0 Å². The van der Waals surface area contributed by atoms with E-state index < -0.39 is 11.0 Å². The lowest BCUT2D eigenvalue weighted by Gasteiger charge is -2.33. The van der Waals surface area contributed by atoms with Crippen LogP contribution in [0, 0.1) is 6.92 Å². The molecule has 1 aromatic heterocycles. The van der Waals surface area contributed by atoms with Crippen LogP contribution in [-0.4, -0.2) is 46.8 Å². The summed E-state index contributed by atoms with van der Waals surface area (Å²) in [5.74, 6) is 0. The summed E-state index contributed by atoms with van der Waals surface area (Å²) in [4.78, 5) is 9.09. The van der Waals surface area contributed by atoms with E-state index in [4.69, 9.17) is 9.72 Å². The molecule has 0 saturated carbocycles. The summed E-state index contributed by atoms with van der Waals surface area (Å²) in [5.41, 5.74) is 2.33. The van der Waals surface area contributed by atoms with Crippen LogP contribution in [0.1, 0.15) is 29.5 Å². The van der Waals surface area contributed by atoms with E-state index in [2.05, 4.69) is 35.2 Å². The number of thiazole rings is 1. The van der Waals surface area contributed by atoms with E-state index in [1.807, 2.05) is 12.1 Å². The molecule has 0 amide bonds. The molecule has 1 aliphatic rings. The fourth-order valence-corrected chi connectivity index (χ4v) is 5.20. The first-order valence-corrected chi connectivity index (χ1v) is 11.0. The van der Waals surface area contributed by atoms with Gasteiger partial charge in [-0.05, 0) is 31.0 Å². The van der Waals surface area contributed by atoms with E-state index in [9.17, 15) is 4.21 Å². The van der Waals surface area contributed by atoms with Gasteiger partial charge in [-0.15, -0.1) is 11.3 Å². The normalized spacial score (nSPS) is 16.8. The van der Waals surface area contributed by atoms with Crippen LogP contribution in [0.3, 0.4) is 0 Å². The molecule has 0 spiro atoms. The Balaban J connectivity index is 1.59. The second-order valence-electron chi connectivity index (χ2n) is 6.49. The van der Waals surface area contributed by atoms with Crippen LogP contribution in [0.2, 0.25) is 0 Å². The van der Waals surface area contributed by atoms with Crippen LogP contribution in [0.4, 0.5) is 5.13 Å². The van der Waals surface area contributed by atoms with Crippen molar-refractivity contribution in [2.45, 2.75) is 38.2 Å². The number of aromatic nitrogens is 1. The average Bonchev–Trinajstić information content (AvgIpc) is 3.03. The summed E-state index contributed by atoms with van der Waals surface area (Å²) in [6, 6.07) is 8.22. The lowest BCUT2D eigenvalue weighted by atomic mass is 10.1. The van der Waals surface area contributed by atoms with Gasteiger partial charge in [0.1, 0.15) is 11.0 Å². The molecule has 1 unspecified atom stereocenters. The summed E-state index contributed by atoms with van der Waals surface area (Å²) >= 11 is 1.71. The number of hydrogen-bond donors (Lipinski definition) is 0. The van der Waals surface area contributed by atoms with Crippen molar-refractivity contribution in [3.8, 4) is 0 Å². The van der Waals surface area contributed by atoms with Gasteiger partial charge in [-0.3, -0.25) is 0 Å². The molecule has 0 N–H and O–H groups in total. The number of methoxy groups -OCH3 is 1. The van der Waals surface area contributed by atoms with Crippen molar-refractivity contribution in [2.24, 2.45) is 0 Å². The van der Waals surface area contributed by atoms with E-state index in [1.54, 1.807) is 18.4 Å². The van der Waals surface area contributed by atoms with Crippen LogP contribution < -0.4 is 4.90 Å². The molecule has 1 aromatic carbocycles. The van der Waals surface area contributed by atoms with Crippen molar-refractivity contribution in [2.75, 3.05) is 38.2 Å². The second kappa shape index (κ2) is 9.08. The fraction of sp³-hybridized carbons (Fsp3) is 0.526. The molecule has 1 atom stereocenters. The Bertz CT molecular complexity index is 738. The Morgan fingerprint density at radius 3 is 2.50 bits per heavy atom. The molecule has 0 radical (unpaired) electrons. The standard InChI is InChI=1S/C19H27N3O2S2/c1-4-5-16-6-8-17(9-7-16)26(23)22-12-10-21(11-13-22)19-20-18(14-24-3)15(2)25-19/h6-9H,4-5,10-14H2,1-3H3. The van der Waals surface area contributed by atoms with Gasteiger partial charge in [0.25, 0.3) is 0 Å². The van der Waals surface area contributed by atoms with E-state index in [0.717, 1.165) is 54.7 Å². The number of benzene rings is 1. The molecule has 5 nitrogen and oxygen atoms in total. The number of anilines is 1. The van der Waals surface area contributed by atoms with Gasteiger partial charge in [-0.2, -0.15) is 0 Å². The Labute approximate surface area is 162 Å². The van der Waals surface area contributed by atoms with Crippen molar-refractivity contribution in [3.63, 3.8) is 0 Å². The van der Waals surface area contributed by atoms with Crippen LogP contribution in [0.5, 0.6) is 0 Å². The topological polar surface area (TPSA) is 45.7 Å². The van der Waals surface area contributed by atoms with Crippen molar-refractivity contribution in [1.29, 1.82) is 0 Å². The molecule has 1 aliphatic heterocycles. The number of aryl methyl sites for hydroxylation is 2. The lowest BCUT2D eigenvalue weighted by molar-refractivity contribution is 0.181. The molecule has 1 saturated heterocycles. The molecule has 0 bridgehead atoms. The third-order valence-electron chi connectivity index (χ3n) is 4.57. The van der Waals surface area contributed by atoms with E-state index in [-0.39, 0.29) is 0 Å². The van der Waals surface area contributed by atoms with E-state index in [0.29, 0.717) is 6.61 Å². The predicted molar refractivity (Wildman–Crippen MR) is 108 cm³/mol. The number of hydrogen-bond acceptors (Lipinski definition) is 5. The van der Waals surface area contributed by atoms with E-state index in [1.165, 1.54) is 10.4 Å². The fourth-order valence-electron chi connectivity index (χ4n) is 3.07. The minimum atomic E-state index is -1.09. The Hall–Kier alpha value is -1.28. The van der Waals surface area contributed by atoms with Crippen molar-refractivity contribution in [1.82, 2.24) is 9.29 Å². The predicted octanol–water partition coefficient (Wildman–Crippen LogP) is 3.40. The van der Waals surface area contributed by atoms with Crippen LogP contribution in [0.15, 0.2) is 29.2 Å². The van der Waals surface area contributed by atoms with Gasteiger partial charge in [0, 0.05) is 38.2 Å². The zero-order valence-corrected chi connectivity index (χ0v) is 17.4. The van der Waals surface area contributed by atoms with Gasteiger partial charge in [0.05, 0.1) is 17.2 Å². The molecular weight excluding hydrogens is 366 g/mol. The maximum absolute atomic E-state index is 12.8. The minimum Gasteiger partial charge on any atom is -0.378 e. The summed E-state index contributed by atoms with van der Waals surface area (Å²) in [6.07, 6.45) is 2.20. The molecular formula is C19H27N3O2S2. The average molecular weight is 394 g/mol. The Kier molecular flexibility index (Phi) is 6.80. The number of piperazine rings is 1. The molecule has 2 aromatic rings. The molecule has 3 rings (SSSR count). The van der Waals surface area contributed by atoms with Crippen LogP contribution >= 0.6 is 11.3 Å². The Morgan fingerprint density at radius 2 is 1.88 bits per heavy atom. The minimum absolute atomic E-state index is 0.556. The highest BCUT2D eigenvalue weighted by Gasteiger charge is 2.24. The highest BCUT2D eigenvalue weighted by Crippen LogP contribution is 2.27. The molecule has 142 valence electrons. The van der Waals surface area contributed by atoms with Gasteiger partial charge >= 0.3 is 0 Å². The zero-order valence-electron chi connectivity index (χ0n) is 15.7. The molecule has 1 fully saturated rings. The smallest absolute Gasteiger partial charge is 0.185 e. The van der Waals surface area contributed by atoms with Gasteiger partial charge in [0.2, 0.25) is 0 Å². The molecule has 7 heteroatoms. The summed E-state index contributed by atoms with van der Waals surface area (Å²) in [5, 5.41) is 1.05. The monoisotopic (exact) mass is 393 g/mol. The number of nitrogens with zero attached hydrogens (tertiary/aromatic N) is 3. The maximum Gasteiger partial charge on any atom is 0.185 e. The summed E-state index contributed by atoms with van der Waals surface area (Å²) in [7, 11) is 0.610. The summed E-state index contributed by atoms with van der Waals surface area (Å²) in [6.45, 7) is 8.07. The second-order valence-corrected chi connectivity index (χ2v) is 9.16. The molecule has 26 heavy (non-hydrogen) atoms. The van der Waals surface area contributed by atoms with Crippen LogP contribution in [-0.2, 0) is 28.8 Å². The summed E-state index contributed by atoms with van der Waals surface area (Å²) < 4.78 is 20.1. The highest BCUT2D eigenvalue weighted by atomic mass is 32.2. The van der Waals surface area contributed by atoms with Gasteiger partial charge < -0.3 is 9.64 Å². The Morgan fingerprint density at radius 1 is 1.19 bits per heavy atom. The highest BCUT2D eigenvalue weighted by molar-refractivity contribution is 7.82. The van der Waals surface area contributed by atoms with Gasteiger partial charge in [-0.25, -0.2) is 13.5 Å². The first-order chi connectivity index (χ1) is 12.6. The van der Waals surface area contributed by atoms with Crippen molar-refractivity contribution >= 4 is 27.5 Å². The number of ether oxygens (including phenoxy) is 1. The maximum atomic E-state index is 12.8. The third-order valence-corrected chi connectivity index (χ3v) is 7.15. The van der Waals surface area contributed by atoms with Crippen LogP contribution in [0.25, 0.3) is 0 Å². The lowest BCUT2D eigenvalue weighted by Crippen LogP contribution is -2.46. The first-order valence-electron chi connectivity index (χ1n) is 9.08. The van der Waals surface area contributed by atoms with Gasteiger partial charge in [0.15, 0.2) is 5.13 Å². The van der Waals surface area contributed by atoms with Crippen molar-refractivity contribution < 1.29 is 8.95 Å². The quantitative estimate of drug-likeness (QED) is 0.723.